The number of halogens is 5. The van der Waals surface area contributed by atoms with Crippen molar-refractivity contribution in [1.82, 2.24) is 9.88 Å². The maximum absolute atomic E-state index is 13.8. The van der Waals surface area contributed by atoms with Gasteiger partial charge in [0, 0.05) is 46.7 Å². The van der Waals surface area contributed by atoms with Gasteiger partial charge in [-0.1, -0.05) is 24.3 Å². The molecule has 11 heteroatoms. The number of benzene rings is 3. The number of rotatable bonds is 8. The van der Waals surface area contributed by atoms with E-state index < -0.39 is 35.2 Å². The third-order valence-corrected chi connectivity index (χ3v) is 6.45. The van der Waals surface area contributed by atoms with Gasteiger partial charge in [0.1, 0.15) is 11.6 Å². The molecule has 0 radical (unpaired) electrons. The summed E-state index contributed by atoms with van der Waals surface area (Å²) in [4.78, 5) is 25.5. The normalized spacial score (nSPS) is 11.5. The van der Waals surface area contributed by atoms with Crippen LogP contribution in [0.5, 0.6) is 0 Å². The lowest BCUT2D eigenvalue weighted by Crippen LogP contribution is -2.27. The Morgan fingerprint density at radius 2 is 1.73 bits per heavy atom. The van der Waals surface area contributed by atoms with Gasteiger partial charge in [-0.15, -0.1) is 11.8 Å². The molecule has 2 amide bonds. The third kappa shape index (κ3) is 6.48. The van der Waals surface area contributed by atoms with Crippen LogP contribution in [0.4, 0.5) is 27.6 Å². The molecule has 0 saturated heterocycles. The van der Waals surface area contributed by atoms with Crippen LogP contribution in [0.1, 0.15) is 15.9 Å². The second-order valence-corrected chi connectivity index (χ2v) is 9.02. The molecule has 0 atom stereocenters. The fraction of sp³-hybridized carbons (Fsp3) is 0.154. The summed E-state index contributed by atoms with van der Waals surface area (Å²) in [5.74, 6) is -2.75. The van der Waals surface area contributed by atoms with Crippen molar-refractivity contribution in [2.75, 3.05) is 17.6 Å². The number of para-hydroxylation sites is 1. The molecule has 0 bridgehead atoms. The Labute approximate surface area is 212 Å². The number of nitrogens with one attached hydrogen (secondary N) is 2. The van der Waals surface area contributed by atoms with E-state index in [1.165, 1.54) is 23.9 Å². The summed E-state index contributed by atoms with van der Waals surface area (Å²) in [5.41, 5.74) is -0.272. The number of fused-ring (bicyclic) bond motifs is 1. The van der Waals surface area contributed by atoms with Crippen molar-refractivity contribution in [3.63, 3.8) is 0 Å². The number of anilines is 1. The topological polar surface area (TPSA) is 63.1 Å². The maximum atomic E-state index is 13.8. The number of hydrogen-bond acceptors (Lipinski definition) is 3. The predicted octanol–water partition coefficient (Wildman–Crippen LogP) is 6.10. The minimum atomic E-state index is -4.54. The highest BCUT2D eigenvalue weighted by Gasteiger charge is 2.30. The Kier molecular flexibility index (Phi) is 7.82. The Morgan fingerprint density at radius 1 is 0.946 bits per heavy atom. The predicted molar refractivity (Wildman–Crippen MR) is 131 cm³/mol. The van der Waals surface area contributed by atoms with Crippen LogP contribution < -0.4 is 10.6 Å². The number of hydrogen-bond donors (Lipinski definition) is 2. The lowest BCUT2D eigenvalue weighted by Gasteiger charge is -2.10. The van der Waals surface area contributed by atoms with E-state index in [0.717, 1.165) is 40.1 Å². The molecule has 37 heavy (non-hydrogen) atoms. The molecule has 4 aromatic rings. The molecule has 1 aromatic heterocycles. The first-order valence-electron chi connectivity index (χ1n) is 11.0. The molecule has 0 saturated carbocycles. The summed E-state index contributed by atoms with van der Waals surface area (Å²) >= 11 is 1.22. The van der Waals surface area contributed by atoms with Gasteiger partial charge in [0.2, 0.25) is 5.91 Å². The van der Waals surface area contributed by atoms with Crippen molar-refractivity contribution < 1.29 is 31.5 Å². The maximum Gasteiger partial charge on any atom is 0.416 e. The van der Waals surface area contributed by atoms with Gasteiger partial charge in [-0.05, 0) is 36.4 Å². The second kappa shape index (κ2) is 11.0. The van der Waals surface area contributed by atoms with E-state index in [1.54, 1.807) is 6.20 Å². The molecule has 0 aliphatic carbocycles. The van der Waals surface area contributed by atoms with Crippen LogP contribution in [-0.4, -0.2) is 28.7 Å². The van der Waals surface area contributed by atoms with Gasteiger partial charge in [-0.25, -0.2) is 8.78 Å². The summed E-state index contributed by atoms with van der Waals surface area (Å²) in [5, 5.41) is 5.90. The van der Waals surface area contributed by atoms with Crippen LogP contribution in [0.3, 0.4) is 0 Å². The largest absolute Gasteiger partial charge is 0.416 e. The molecule has 0 spiro atoms. The lowest BCUT2D eigenvalue weighted by molar-refractivity contribution is -0.137. The van der Waals surface area contributed by atoms with Crippen molar-refractivity contribution in [2.24, 2.45) is 0 Å². The minimum absolute atomic E-state index is 0.0306. The van der Waals surface area contributed by atoms with E-state index in [9.17, 15) is 31.5 Å². The summed E-state index contributed by atoms with van der Waals surface area (Å²) in [6, 6.07) is 14.5. The molecule has 0 aliphatic heterocycles. The smallest absolute Gasteiger partial charge is 0.350 e. The van der Waals surface area contributed by atoms with Crippen LogP contribution in [-0.2, 0) is 17.5 Å². The zero-order valence-electron chi connectivity index (χ0n) is 19.1. The van der Waals surface area contributed by atoms with Gasteiger partial charge < -0.3 is 15.2 Å². The molecular weight excluding hydrogens is 513 g/mol. The number of amides is 2. The first-order valence-corrected chi connectivity index (χ1v) is 12.0. The fourth-order valence-electron chi connectivity index (χ4n) is 3.66. The van der Waals surface area contributed by atoms with Crippen LogP contribution in [0.15, 0.2) is 77.8 Å². The SMILES string of the molecule is O=C(CSc1cn(CCNC(=O)c2cccc(C(F)(F)F)c2)c2ccccc12)Nc1ccc(F)cc1F. The van der Waals surface area contributed by atoms with Gasteiger partial charge in [0.25, 0.3) is 5.91 Å². The quantitative estimate of drug-likeness (QED) is 0.213. The van der Waals surface area contributed by atoms with Gasteiger partial charge in [0.15, 0.2) is 0 Å². The van der Waals surface area contributed by atoms with Crippen LogP contribution in [0.2, 0.25) is 0 Å². The first-order chi connectivity index (χ1) is 17.6. The molecule has 0 fully saturated rings. The number of nitrogens with zero attached hydrogens (tertiary/aromatic N) is 1. The van der Waals surface area contributed by atoms with E-state index in [2.05, 4.69) is 10.6 Å². The molecule has 0 aliphatic rings. The van der Waals surface area contributed by atoms with Gasteiger partial charge in [-0.3, -0.25) is 9.59 Å². The van der Waals surface area contributed by atoms with Crippen molar-refractivity contribution in [3.8, 4) is 0 Å². The second-order valence-electron chi connectivity index (χ2n) is 8.00. The van der Waals surface area contributed by atoms with E-state index in [0.29, 0.717) is 12.6 Å². The standard InChI is InChI=1S/C26H20F5N3O2S/c27-18-8-9-21(20(28)13-18)33-24(35)15-37-23-14-34(22-7-2-1-6-19(22)23)11-10-32-25(36)16-4-3-5-17(12-16)26(29,30)31/h1-9,12-14H,10-11,15H2,(H,32,36)(H,33,35). The molecule has 2 N–H and O–H groups in total. The van der Waals surface area contributed by atoms with Crippen LogP contribution in [0.25, 0.3) is 10.9 Å². The van der Waals surface area contributed by atoms with E-state index in [4.69, 9.17) is 0 Å². The molecule has 0 unspecified atom stereocenters. The Hall–Kier alpha value is -3.86. The first kappa shape index (κ1) is 26.2. The summed E-state index contributed by atoms with van der Waals surface area (Å²) in [7, 11) is 0. The lowest BCUT2D eigenvalue weighted by atomic mass is 10.1. The Balaban J connectivity index is 1.39. The molecule has 3 aromatic carbocycles. The van der Waals surface area contributed by atoms with Gasteiger partial charge in [0.05, 0.1) is 17.0 Å². The van der Waals surface area contributed by atoms with E-state index >= 15 is 0 Å². The summed E-state index contributed by atoms with van der Waals surface area (Å²) < 4.78 is 67.5. The van der Waals surface area contributed by atoms with E-state index in [1.807, 2.05) is 28.8 Å². The van der Waals surface area contributed by atoms with Gasteiger partial charge in [-0.2, -0.15) is 13.2 Å². The number of carbonyl (C=O) groups excluding carboxylic acids is 2. The number of thioether (sulfide) groups is 1. The van der Waals surface area contributed by atoms with Crippen LogP contribution >= 0.6 is 11.8 Å². The number of aromatic nitrogens is 1. The van der Waals surface area contributed by atoms with Crippen molar-refractivity contribution in [3.05, 3.63) is 95.7 Å². The molecule has 1 heterocycles. The summed E-state index contributed by atoms with van der Waals surface area (Å²) in [6.07, 6.45) is -2.74. The monoisotopic (exact) mass is 533 g/mol. The third-order valence-electron chi connectivity index (χ3n) is 5.41. The van der Waals surface area contributed by atoms with Crippen molar-refractivity contribution >= 4 is 40.2 Å². The molecule has 5 nitrogen and oxygen atoms in total. The molecular formula is C26H20F5N3O2S. The average molecular weight is 534 g/mol. The average Bonchev–Trinajstić information content (AvgIpc) is 3.21. The Bertz CT molecular complexity index is 1450. The van der Waals surface area contributed by atoms with E-state index in [-0.39, 0.29) is 23.5 Å². The highest BCUT2D eigenvalue weighted by atomic mass is 32.2. The fourth-order valence-corrected chi connectivity index (χ4v) is 4.55. The van der Waals surface area contributed by atoms with Crippen molar-refractivity contribution in [2.45, 2.75) is 17.6 Å². The van der Waals surface area contributed by atoms with Gasteiger partial charge >= 0.3 is 6.18 Å². The highest BCUT2D eigenvalue weighted by molar-refractivity contribution is 8.00. The zero-order valence-corrected chi connectivity index (χ0v) is 19.9. The van der Waals surface area contributed by atoms with Crippen LogP contribution in [0, 0.1) is 11.6 Å². The number of carbonyl (C=O) groups is 2. The Morgan fingerprint density at radius 3 is 2.49 bits per heavy atom. The molecule has 192 valence electrons. The number of alkyl halides is 3. The minimum Gasteiger partial charge on any atom is -0.350 e. The summed E-state index contributed by atoms with van der Waals surface area (Å²) in [6.45, 7) is 0.487. The van der Waals surface area contributed by atoms with Crippen molar-refractivity contribution in [1.29, 1.82) is 0 Å². The zero-order chi connectivity index (χ0) is 26.6. The highest BCUT2D eigenvalue weighted by Crippen LogP contribution is 2.31. The molecule has 4 rings (SSSR count).